The van der Waals surface area contributed by atoms with Crippen molar-refractivity contribution in [2.24, 2.45) is 0 Å². The van der Waals surface area contributed by atoms with Gasteiger partial charge >= 0.3 is 0 Å². The van der Waals surface area contributed by atoms with Crippen LogP contribution >= 0.6 is 0 Å². The van der Waals surface area contributed by atoms with E-state index in [9.17, 15) is 4.79 Å². The summed E-state index contributed by atoms with van der Waals surface area (Å²) in [5.41, 5.74) is 3.60. The molecule has 0 spiro atoms. The molecule has 4 aromatic rings. The van der Waals surface area contributed by atoms with Crippen LogP contribution in [-0.2, 0) is 6.42 Å². The molecule has 0 bridgehead atoms. The smallest absolute Gasteiger partial charge is 0.255 e. The number of amides is 1. The van der Waals surface area contributed by atoms with Crippen molar-refractivity contribution in [3.8, 4) is 11.4 Å². The van der Waals surface area contributed by atoms with Crippen molar-refractivity contribution in [2.45, 2.75) is 20.3 Å². The molecule has 9 nitrogen and oxygen atoms in total. The van der Waals surface area contributed by atoms with Crippen LogP contribution in [0.25, 0.3) is 11.4 Å². The molecule has 2 aromatic carbocycles. The molecule has 0 aliphatic carbocycles. The number of anilines is 1. The topological polar surface area (TPSA) is 103 Å². The van der Waals surface area contributed by atoms with Crippen molar-refractivity contribution in [1.29, 1.82) is 0 Å². The van der Waals surface area contributed by atoms with Crippen LogP contribution in [0.2, 0.25) is 0 Å². The summed E-state index contributed by atoms with van der Waals surface area (Å²) in [4.78, 5) is 16.8. The number of carbonyl (C=O) groups excluding carboxylic acids is 1. The first kappa shape index (κ1) is 17.5. The zero-order valence-corrected chi connectivity index (χ0v) is 15.4. The number of para-hydroxylation sites is 2. The lowest BCUT2D eigenvalue weighted by molar-refractivity contribution is 0.102. The maximum Gasteiger partial charge on any atom is 0.255 e. The van der Waals surface area contributed by atoms with Crippen molar-refractivity contribution in [3.05, 3.63) is 72.1 Å². The summed E-state index contributed by atoms with van der Waals surface area (Å²) in [6.45, 7) is 3.86. The molecule has 0 unspecified atom stereocenters. The summed E-state index contributed by atoms with van der Waals surface area (Å²) in [5, 5.41) is 18.9. The molecular formula is C19H18N8O. The molecule has 0 atom stereocenters. The van der Waals surface area contributed by atoms with E-state index in [1.165, 1.54) is 6.33 Å². The second-order valence-corrected chi connectivity index (χ2v) is 6.17. The largest absolute Gasteiger partial charge is 0.320 e. The lowest BCUT2D eigenvalue weighted by Gasteiger charge is -2.13. The van der Waals surface area contributed by atoms with Gasteiger partial charge in [0.15, 0.2) is 5.82 Å². The Morgan fingerprint density at radius 3 is 2.79 bits per heavy atom. The highest BCUT2D eigenvalue weighted by molar-refractivity contribution is 6.06. The van der Waals surface area contributed by atoms with Gasteiger partial charge in [0, 0.05) is 12.0 Å². The summed E-state index contributed by atoms with van der Waals surface area (Å²) in [7, 11) is 0. The molecule has 1 amide bonds. The number of benzene rings is 2. The lowest BCUT2D eigenvalue weighted by Crippen LogP contribution is -2.16. The van der Waals surface area contributed by atoms with Gasteiger partial charge in [-0.25, -0.2) is 9.67 Å². The second kappa shape index (κ2) is 7.39. The highest BCUT2D eigenvalue weighted by Gasteiger charge is 2.15. The quantitative estimate of drug-likeness (QED) is 0.575. The van der Waals surface area contributed by atoms with Gasteiger partial charge in [-0.1, -0.05) is 19.1 Å². The summed E-state index contributed by atoms with van der Waals surface area (Å²) in [6.07, 6.45) is 3.76. The first-order valence-electron chi connectivity index (χ1n) is 8.81. The molecule has 0 saturated heterocycles. The van der Waals surface area contributed by atoms with E-state index in [1.807, 2.05) is 50.2 Å². The van der Waals surface area contributed by atoms with E-state index in [0.717, 1.165) is 22.8 Å². The lowest BCUT2D eigenvalue weighted by atomic mass is 10.1. The van der Waals surface area contributed by atoms with Crippen LogP contribution in [0.1, 0.15) is 28.7 Å². The zero-order chi connectivity index (χ0) is 19.5. The van der Waals surface area contributed by atoms with Gasteiger partial charge in [-0.2, -0.15) is 9.78 Å². The van der Waals surface area contributed by atoms with E-state index >= 15 is 0 Å². The van der Waals surface area contributed by atoms with Crippen LogP contribution in [-0.4, -0.2) is 40.9 Å². The van der Waals surface area contributed by atoms with Crippen molar-refractivity contribution in [2.75, 3.05) is 5.32 Å². The van der Waals surface area contributed by atoms with E-state index in [-0.39, 0.29) is 5.91 Å². The zero-order valence-electron chi connectivity index (χ0n) is 15.4. The maximum absolute atomic E-state index is 12.9. The van der Waals surface area contributed by atoms with Crippen molar-refractivity contribution in [3.63, 3.8) is 0 Å². The molecule has 140 valence electrons. The van der Waals surface area contributed by atoms with Gasteiger partial charge in [0.1, 0.15) is 12.7 Å². The summed E-state index contributed by atoms with van der Waals surface area (Å²) in [6, 6.07) is 12.9. The molecule has 0 radical (unpaired) electrons. The molecule has 0 aliphatic heterocycles. The minimum atomic E-state index is -0.207. The minimum Gasteiger partial charge on any atom is -0.320 e. The average molecular weight is 374 g/mol. The van der Waals surface area contributed by atoms with Crippen LogP contribution in [0.3, 0.4) is 0 Å². The van der Waals surface area contributed by atoms with Gasteiger partial charge in [0.05, 0.1) is 17.1 Å². The monoisotopic (exact) mass is 374 g/mol. The molecule has 9 heteroatoms. The fraction of sp³-hybridized carbons (Fsp3) is 0.158. The van der Waals surface area contributed by atoms with Gasteiger partial charge in [0.2, 0.25) is 0 Å². The van der Waals surface area contributed by atoms with E-state index in [0.29, 0.717) is 17.7 Å². The standard InChI is InChI=1S/C19H18N8O/c1-3-18-23-24-25-27(18)17-7-5-4-6-16(17)22-19(28)15-9-8-14(10-13(15)2)26-12-20-11-21-26/h4-12H,3H2,1-2H3,(H,22,28). The third-order valence-corrected chi connectivity index (χ3v) is 4.37. The molecule has 0 aliphatic rings. The number of aromatic nitrogens is 7. The predicted octanol–water partition coefficient (Wildman–Crippen LogP) is 2.37. The van der Waals surface area contributed by atoms with Crippen LogP contribution in [0.5, 0.6) is 0 Å². The number of hydrogen-bond acceptors (Lipinski definition) is 6. The predicted molar refractivity (Wildman–Crippen MR) is 103 cm³/mol. The first-order chi connectivity index (χ1) is 13.7. The molecule has 1 N–H and O–H groups in total. The maximum atomic E-state index is 12.9. The summed E-state index contributed by atoms with van der Waals surface area (Å²) >= 11 is 0. The molecule has 0 fully saturated rings. The van der Waals surface area contributed by atoms with Gasteiger partial charge in [-0.05, 0) is 53.2 Å². The number of rotatable bonds is 5. The third kappa shape index (κ3) is 3.25. The number of hydrogen-bond donors (Lipinski definition) is 1. The Morgan fingerprint density at radius 1 is 1.18 bits per heavy atom. The highest BCUT2D eigenvalue weighted by Crippen LogP contribution is 2.22. The fourth-order valence-electron chi connectivity index (χ4n) is 2.95. The summed E-state index contributed by atoms with van der Waals surface area (Å²) < 4.78 is 3.28. The van der Waals surface area contributed by atoms with Crippen LogP contribution in [0.15, 0.2) is 55.1 Å². The van der Waals surface area contributed by atoms with Gasteiger partial charge < -0.3 is 5.32 Å². The van der Waals surface area contributed by atoms with E-state index in [1.54, 1.807) is 21.8 Å². The SMILES string of the molecule is CCc1nnnn1-c1ccccc1NC(=O)c1ccc(-n2cncn2)cc1C. The number of nitrogens with one attached hydrogen (secondary N) is 1. The highest BCUT2D eigenvalue weighted by atomic mass is 16.1. The molecule has 0 saturated carbocycles. The molecule has 2 heterocycles. The van der Waals surface area contributed by atoms with Crippen molar-refractivity contribution < 1.29 is 4.79 Å². The Morgan fingerprint density at radius 2 is 2.04 bits per heavy atom. The normalized spacial score (nSPS) is 10.8. The summed E-state index contributed by atoms with van der Waals surface area (Å²) in [5.74, 6) is 0.510. The minimum absolute atomic E-state index is 0.207. The Hall–Kier alpha value is -3.88. The fourth-order valence-corrected chi connectivity index (χ4v) is 2.95. The van der Waals surface area contributed by atoms with Crippen LogP contribution in [0.4, 0.5) is 5.69 Å². The van der Waals surface area contributed by atoms with Crippen molar-refractivity contribution in [1.82, 2.24) is 35.0 Å². The Labute approximate surface area is 161 Å². The Balaban J connectivity index is 1.63. The molecule has 2 aromatic heterocycles. The number of nitrogens with zero attached hydrogens (tertiary/aromatic N) is 7. The first-order valence-corrected chi connectivity index (χ1v) is 8.81. The number of aryl methyl sites for hydroxylation is 2. The molecule has 28 heavy (non-hydrogen) atoms. The third-order valence-electron chi connectivity index (χ3n) is 4.37. The number of tetrazole rings is 1. The van der Waals surface area contributed by atoms with Crippen LogP contribution < -0.4 is 5.32 Å². The van der Waals surface area contributed by atoms with E-state index in [4.69, 9.17) is 0 Å². The molecular weight excluding hydrogens is 356 g/mol. The van der Waals surface area contributed by atoms with Gasteiger partial charge in [-0.15, -0.1) is 5.10 Å². The van der Waals surface area contributed by atoms with Crippen molar-refractivity contribution >= 4 is 11.6 Å². The Kier molecular flexibility index (Phi) is 4.63. The second-order valence-electron chi connectivity index (χ2n) is 6.17. The van der Waals surface area contributed by atoms with Gasteiger partial charge in [-0.3, -0.25) is 4.79 Å². The van der Waals surface area contributed by atoms with E-state index < -0.39 is 0 Å². The Bertz CT molecular complexity index is 1120. The van der Waals surface area contributed by atoms with E-state index in [2.05, 4.69) is 30.9 Å². The van der Waals surface area contributed by atoms with Gasteiger partial charge in [0.25, 0.3) is 5.91 Å². The number of carbonyl (C=O) groups is 1. The molecule has 4 rings (SSSR count). The average Bonchev–Trinajstić information content (AvgIpc) is 3.40. The van der Waals surface area contributed by atoms with Crippen LogP contribution in [0, 0.1) is 6.92 Å².